The highest BCUT2D eigenvalue weighted by Gasteiger charge is 2.04. The molecule has 0 aliphatic heterocycles. The van der Waals surface area contributed by atoms with Gasteiger partial charge in [-0.2, -0.15) is 0 Å². The van der Waals surface area contributed by atoms with E-state index in [0.717, 1.165) is 30.0 Å². The monoisotopic (exact) mass is 266 g/mol. The maximum absolute atomic E-state index is 11.0. The highest BCUT2D eigenvalue weighted by molar-refractivity contribution is 5.75. The van der Waals surface area contributed by atoms with Crippen LogP contribution in [0.25, 0.3) is 0 Å². The molecule has 0 radical (unpaired) electrons. The molecule has 19 heavy (non-hydrogen) atoms. The molecule has 5 nitrogen and oxygen atoms in total. The zero-order chi connectivity index (χ0) is 14.1. The largest absolute Gasteiger partial charge is 0.497 e. The number of carbonyl (C=O) groups excluding carboxylic acids is 1. The average molecular weight is 266 g/mol. The highest BCUT2D eigenvalue weighted by Crippen LogP contribution is 2.24. The Labute approximate surface area is 114 Å². The molecule has 0 aliphatic carbocycles. The first-order valence-electron chi connectivity index (χ1n) is 6.33. The second-order valence-corrected chi connectivity index (χ2v) is 4.13. The average Bonchev–Trinajstić information content (AvgIpc) is 2.46. The summed E-state index contributed by atoms with van der Waals surface area (Å²) in [6.07, 6.45) is 1.36. The van der Waals surface area contributed by atoms with E-state index >= 15 is 0 Å². The summed E-state index contributed by atoms with van der Waals surface area (Å²) >= 11 is 0. The van der Waals surface area contributed by atoms with Crippen molar-refractivity contribution < 1.29 is 14.3 Å². The molecule has 5 heteroatoms. The third-order valence-corrected chi connectivity index (χ3v) is 2.85. The fraction of sp³-hybridized carbons (Fsp3) is 0.500. The predicted molar refractivity (Wildman–Crippen MR) is 74.6 cm³/mol. The molecule has 0 aliphatic rings. The van der Waals surface area contributed by atoms with Crippen LogP contribution in [0.15, 0.2) is 18.2 Å². The van der Waals surface area contributed by atoms with E-state index in [2.05, 4.69) is 10.6 Å². The van der Waals surface area contributed by atoms with Gasteiger partial charge in [0, 0.05) is 31.6 Å². The van der Waals surface area contributed by atoms with E-state index in [1.807, 2.05) is 18.2 Å². The Bertz CT molecular complexity index is 408. The van der Waals surface area contributed by atoms with Crippen molar-refractivity contribution in [1.29, 1.82) is 0 Å². The molecule has 0 spiro atoms. The van der Waals surface area contributed by atoms with Gasteiger partial charge in [0.05, 0.1) is 14.2 Å². The minimum atomic E-state index is 0.0730. The smallest absolute Gasteiger partial charge is 0.219 e. The van der Waals surface area contributed by atoms with Crippen LogP contribution in [0, 0.1) is 0 Å². The van der Waals surface area contributed by atoms with Crippen LogP contribution >= 0.6 is 0 Å². The Kier molecular flexibility index (Phi) is 6.74. The summed E-state index contributed by atoms with van der Waals surface area (Å²) in [4.78, 5) is 11.0. The summed E-state index contributed by atoms with van der Waals surface area (Å²) in [5.41, 5.74) is 1.07. The lowest BCUT2D eigenvalue weighted by Crippen LogP contribution is -2.21. The van der Waals surface area contributed by atoms with Gasteiger partial charge in [-0.25, -0.2) is 0 Å². The quantitative estimate of drug-likeness (QED) is 0.697. The summed E-state index contributed by atoms with van der Waals surface area (Å²) in [5.74, 6) is 1.65. The first-order chi connectivity index (χ1) is 9.21. The second kappa shape index (κ2) is 8.37. The molecule has 106 valence electrons. The zero-order valence-electron chi connectivity index (χ0n) is 11.8. The molecule has 0 unspecified atom stereocenters. The maximum Gasteiger partial charge on any atom is 0.219 e. The SMILES string of the molecule is CNC(=O)CCCNCc1ccc(OC)cc1OC. The van der Waals surface area contributed by atoms with Crippen LogP contribution in [-0.4, -0.2) is 33.7 Å². The van der Waals surface area contributed by atoms with Crippen LogP contribution in [0.1, 0.15) is 18.4 Å². The van der Waals surface area contributed by atoms with E-state index in [1.54, 1.807) is 21.3 Å². The minimum Gasteiger partial charge on any atom is -0.497 e. The number of hydrogen-bond acceptors (Lipinski definition) is 4. The van der Waals surface area contributed by atoms with Crippen molar-refractivity contribution in [1.82, 2.24) is 10.6 Å². The molecule has 0 aromatic heterocycles. The van der Waals surface area contributed by atoms with E-state index < -0.39 is 0 Å². The van der Waals surface area contributed by atoms with Crippen molar-refractivity contribution in [2.24, 2.45) is 0 Å². The van der Waals surface area contributed by atoms with Crippen molar-refractivity contribution in [2.45, 2.75) is 19.4 Å². The van der Waals surface area contributed by atoms with E-state index in [1.165, 1.54) is 0 Å². The molecule has 0 bridgehead atoms. The molecule has 1 aromatic carbocycles. The molecular formula is C14H22N2O3. The number of rotatable bonds is 8. The minimum absolute atomic E-state index is 0.0730. The fourth-order valence-corrected chi connectivity index (χ4v) is 1.72. The predicted octanol–water partition coefficient (Wildman–Crippen LogP) is 1.32. The maximum atomic E-state index is 11.0. The fourth-order valence-electron chi connectivity index (χ4n) is 1.72. The number of nitrogens with one attached hydrogen (secondary N) is 2. The van der Waals surface area contributed by atoms with Gasteiger partial charge in [0.2, 0.25) is 5.91 Å². The highest BCUT2D eigenvalue weighted by atomic mass is 16.5. The summed E-state index contributed by atoms with van der Waals surface area (Å²) in [6.45, 7) is 1.50. The lowest BCUT2D eigenvalue weighted by molar-refractivity contribution is -0.120. The molecule has 2 N–H and O–H groups in total. The number of ether oxygens (including phenoxy) is 2. The molecule has 0 heterocycles. The number of amides is 1. The number of carbonyl (C=O) groups is 1. The van der Waals surface area contributed by atoms with Crippen LogP contribution in [-0.2, 0) is 11.3 Å². The lowest BCUT2D eigenvalue weighted by atomic mass is 10.2. The van der Waals surface area contributed by atoms with Crippen molar-refractivity contribution >= 4 is 5.91 Å². The third kappa shape index (κ3) is 5.18. The number of benzene rings is 1. The van der Waals surface area contributed by atoms with Gasteiger partial charge < -0.3 is 20.1 Å². The van der Waals surface area contributed by atoms with Gasteiger partial charge in [0.15, 0.2) is 0 Å². The Morgan fingerprint density at radius 3 is 2.68 bits per heavy atom. The van der Waals surface area contributed by atoms with Gasteiger partial charge in [-0.15, -0.1) is 0 Å². The van der Waals surface area contributed by atoms with Crippen molar-refractivity contribution in [3.05, 3.63) is 23.8 Å². The van der Waals surface area contributed by atoms with E-state index in [0.29, 0.717) is 13.0 Å². The van der Waals surface area contributed by atoms with Crippen LogP contribution in [0.4, 0.5) is 0 Å². The topological polar surface area (TPSA) is 59.6 Å². The van der Waals surface area contributed by atoms with Gasteiger partial charge >= 0.3 is 0 Å². The zero-order valence-corrected chi connectivity index (χ0v) is 11.8. The Morgan fingerprint density at radius 2 is 2.05 bits per heavy atom. The summed E-state index contributed by atoms with van der Waals surface area (Å²) in [7, 11) is 4.92. The summed E-state index contributed by atoms with van der Waals surface area (Å²) in [6, 6.07) is 5.75. The lowest BCUT2D eigenvalue weighted by Gasteiger charge is -2.11. The van der Waals surface area contributed by atoms with Crippen molar-refractivity contribution in [3.63, 3.8) is 0 Å². The van der Waals surface area contributed by atoms with Gasteiger partial charge in [-0.3, -0.25) is 4.79 Å². The summed E-state index contributed by atoms with van der Waals surface area (Å²) in [5, 5.41) is 5.90. The van der Waals surface area contributed by atoms with Crippen LogP contribution < -0.4 is 20.1 Å². The Morgan fingerprint density at radius 1 is 1.26 bits per heavy atom. The number of hydrogen-bond donors (Lipinski definition) is 2. The van der Waals surface area contributed by atoms with Gasteiger partial charge in [0.25, 0.3) is 0 Å². The molecule has 1 amide bonds. The van der Waals surface area contributed by atoms with Crippen LogP contribution in [0.3, 0.4) is 0 Å². The molecular weight excluding hydrogens is 244 g/mol. The Hall–Kier alpha value is -1.75. The standard InChI is InChI=1S/C14H22N2O3/c1-15-14(17)5-4-8-16-10-11-6-7-12(18-2)9-13(11)19-3/h6-7,9,16H,4-5,8,10H2,1-3H3,(H,15,17). The van der Waals surface area contributed by atoms with Crippen molar-refractivity contribution in [2.75, 3.05) is 27.8 Å². The van der Waals surface area contributed by atoms with Crippen LogP contribution in [0.5, 0.6) is 11.5 Å². The molecule has 0 saturated carbocycles. The van der Waals surface area contributed by atoms with Gasteiger partial charge in [0.1, 0.15) is 11.5 Å². The Balaban J connectivity index is 2.38. The molecule has 0 atom stereocenters. The molecule has 1 aromatic rings. The van der Waals surface area contributed by atoms with E-state index in [-0.39, 0.29) is 5.91 Å². The van der Waals surface area contributed by atoms with Gasteiger partial charge in [-0.1, -0.05) is 6.07 Å². The third-order valence-electron chi connectivity index (χ3n) is 2.85. The first kappa shape index (κ1) is 15.3. The normalized spacial score (nSPS) is 10.1. The van der Waals surface area contributed by atoms with Gasteiger partial charge in [-0.05, 0) is 19.0 Å². The van der Waals surface area contributed by atoms with Crippen LogP contribution in [0.2, 0.25) is 0 Å². The second-order valence-electron chi connectivity index (χ2n) is 4.13. The number of methoxy groups -OCH3 is 2. The van der Waals surface area contributed by atoms with E-state index in [9.17, 15) is 4.79 Å². The molecule has 0 fully saturated rings. The van der Waals surface area contributed by atoms with Crippen molar-refractivity contribution in [3.8, 4) is 11.5 Å². The first-order valence-corrected chi connectivity index (χ1v) is 6.33. The molecule has 0 saturated heterocycles. The molecule has 1 rings (SSSR count). The summed E-state index contributed by atoms with van der Waals surface area (Å²) < 4.78 is 10.5. The van der Waals surface area contributed by atoms with E-state index in [4.69, 9.17) is 9.47 Å².